The van der Waals surface area contributed by atoms with E-state index in [2.05, 4.69) is 10.5 Å². The van der Waals surface area contributed by atoms with Crippen molar-refractivity contribution in [1.29, 1.82) is 0 Å². The predicted octanol–water partition coefficient (Wildman–Crippen LogP) is 4.55. The van der Waals surface area contributed by atoms with Gasteiger partial charge in [-0.3, -0.25) is 5.43 Å². The molecule has 0 saturated heterocycles. The minimum absolute atomic E-state index is 0.154. The molecule has 5 nitrogen and oxygen atoms in total. The average molecular weight is 364 g/mol. The lowest BCUT2D eigenvalue weighted by Crippen LogP contribution is -1.98. The second kappa shape index (κ2) is 8.62. The molecule has 0 bridgehead atoms. The number of anilines is 1. The van der Waals surface area contributed by atoms with Crippen LogP contribution in [0.2, 0.25) is 0 Å². The van der Waals surface area contributed by atoms with E-state index in [1.54, 1.807) is 48.7 Å². The third-order valence-corrected chi connectivity index (χ3v) is 3.75. The minimum atomic E-state index is -0.992. The van der Waals surface area contributed by atoms with Crippen molar-refractivity contribution in [2.75, 3.05) is 5.43 Å². The minimum Gasteiger partial charge on any atom is -0.489 e. The van der Waals surface area contributed by atoms with Crippen molar-refractivity contribution in [2.45, 2.75) is 6.61 Å². The zero-order chi connectivity index (χ0) is 19.1. The van der Waals surface area contributed by atoms with Crippen LogP contribution < -0.4 is 10.2 Å². The van der Waals surface area contributed by atoms with Gasteiger partial charge in [0, 0.05) is 5.56 Å². The van der Waals surface area contributed by atoms with E-state index in [-0.39, 0.29) is 18.0 Å². The highest BCUT2D eigenvalue weighted by molar-refractivity contribution is 5.88. The Labute approximate surface area is 155 Å². The smallest absolute Gasteiger partial charge is 0.335 e. The van der Waals surface area contributed by atoms with Crippen molar-refractivity contribution < 1.29 is 19.0 Å². The number of hydrogen-bond acceptors (Lipinski definition) is 4. The average Bonchev–Trinajstić information content (AvgIpc) is 2.69. The maximum absolute atomic E-state index is 13.6. The number of benzene rings is 3. The van der Waals surface area contributed by atoms with E-state index in [9.17, 15) is 9.18 Å². The summed E-state index contributed by atoms with van der Waals surface area (Å²) in [6.45, 7) is 0.154. The summed E-state index contributed by atoms with van der Waals surface area (Å²) >= 11 is 0. The lowest BCUT2D eigenvalue weighted by Gasteiger charge is -2.07. The van der Waals surface area contributed by atoms with Crippen molar-refractivity contribution >= 4 is 17.9 Å². The fourth-order valence-corrected chi connectivity index (χ4v) is 2.33. The third-order valence-electron chi connectivity index (χ3n) is 3.75. The molecule has 0 atom stereocenters. The third kappa shape index (κ3) is 5.15. The molecule has 0 aromatic heterocycles. The number of nitrogens with one attached hydrogen (secondary N) is 1. The van der Waals surface area contributed by atoms with Gasteiger partial charge in [-0.05, 0) is 54.1 Å². The SMILES string of the molecule is O=C(O)c1cccc(NN=Cc2ccc(OCc3ccccc3F)cc2)c1. The summed E-state index contributed by atoms with van der Waals surface area (Å²) in [5.41, 5.74) is 4.88. The van der Waals surface area contributed by atoms with Crippen molar-refractivity contribution in [3.8, 4) is 5.75 Å². The molecule has 27 heavy (non-hydrogen) atoms. The van der Waals surface area contributed by atoms with Crippen LogP contribution in [0, 0.1) is 5.82 Å². The Bertz CT molecular complexity index is 956. The predicted molar refractivity (Wildman–Crippen MR) is 102 cm³/mol. The van der Waals surface area contributed by atoms with Gasteiger partial charge in [0.1, 0.15) is 18.2 Å². The van der Waals surface area contributed by atoms with Crippen LogP contribution in [0.15, 0.2) is 77.9 Å². The highest BCUT2D eigenvalue weighted by atomic mass is 19.1. The molecule has 3 aromatic rings. The number of hydrogen-bond donors (Lipinski definition) is 2. The first kappa shape index (κ1) is 18.1. The van der Waals surface area contributed by atoms with E-state index in [0.29, 0.717) is 17.0 Å². The highest BCUT2D eigenvalue weighted by Gasteiger charge is 2.03. The molecule has 0 fully saturated rings. The van der Waals surface area contributed by atoms with Crippen LogP contribution in [0.1, 0.15) is 21.5 Å². The standard InChI is InChI=1S/C21H17FN2O3/c22-20-7-2-1-4-17(20)14-27-19-10-8-15(9-11-19)13-23-24-18-6-3-5-16(12-18)21(25)26/h1-13,24H,14H2,(H,25,26). The van der Waals surface area contributed by atoms with Crippen LogP contribution in [0.5, 0.6) is 5.75 Å². The molecule has 136 valence electrons. The number of hydrazone groups is 1. The van der Waals surface area contributed by atoms with E-state index in [4.69, 9.17) is 9.84 Å². The lowest BCUT2D eigenvalue weighted by atomic mass is 10.2. The normalized spacial score (nSPS) is 10.7. The number of carboxylic acid groups (broad SMARTS) is 1. The van der Waals surface area contributed by atoms with E-state index in [1.807, 2.05) is 12.1 Å². The van der Waals surface area contributed by atoms with Crippen molar-refractivity contribution in [3.05, 3.63) is 95.3 Å². The number of halogens is 1. The Balaban J connectivity index is 1.56. The zero-order valence-corrected chi connectivity index (χ0v) is 14.3. The van der Waals surface area contributed by atoms with E-state index in [1.165, 1.54) is 18.2 Å². The van der Waals surface area contributed by atoms with Crippen molar-refractivity contribution in [1.82, 2.24) is 0 Å². The summed E-state index contributed by atoms with van der Waals surface area (Å²) in [7, 11) is 0. The number of rotatable bonds is 7. The summed E-state index contributed by atoms with van der Waals surface area (Å²) in [5.74, 6) is -0.662. The van der Waals surface area contributed by atoms with E-state index in [0.717, 1.165) is 5.56 Å². The second-order valence-corrected chi connectivity index (χ2v) is 5.71. The Morgan fingerprint density at radius 3 is 2.59 bits per heavy atom. The molecule has 0 radical (unpaired) electrons. The van der Waals surface area contributed by atoms with Crippen LogP contribution in [0.25, 0.3) is 0 Å². The van der Waals surface area contributed by atoms with Gasteiger partial charge in [0.15, 0.2) is 0 Å². The summed E-state index contributed by atoms with van der Waals surface area (Å²) < 4.78 is 19.1. The number of nitrogens with zero attached hydrogens (tertiary/aromatic N) is 1. The molecule has 0 aliphatic rings. The summed E-state index contributed by atoms with van der Waals surface area (Å²) in [4.78, 5) is 10.9. The molecule has 0 heterocycles. The maximum Gasteiger partial charge on any atom is 0.335 e. The Hall–Kier alpha value is -3.67. The Morgan fingerprint density at radius 1 is 1.07 bits per heavy atom. The first-order valence-electron chi connectivity index (χ1n) is 8.20. The van der Waals surface area contributed by atoms with Gasteiger partial charge in [0.05, 0.1) is 17.5 Å². The number of aromatic carboxylic acids is 1. The van der Waals surface area contributed by atoms with Gasteiger partial charge in [-0.25, -0.2) is 9.18 Å². The number of carboxylic acids is 1. The zero-order valence-electron chi connectivity index (χ0n) is 14.3. The van der Waals surface area contributed by atoms with Gasteiger partial charge in [0.25, 0.3) is 0 Å². The first-order valence-corrected chi connectivity index (χ1v) is 8.20. The molecule has 0 aliphatic carbocycles. The molecule has 0 saturated carbocycles. The number of ether oxygens (including phenoxy) is 1. The van der Waals surface area contributed by atoms with E-state index < -0.39 is 5.97 Å². The lowest BCUT2D eigenvalue weighted by molar-refractivity contribution is 0.0697. The van der Waals surface area contributed by atoms with Crippen LogP contribution >= 0.6 is 0 Å². The fraction of sp³-hybridized carbons (Fsp3) is 0.0476. The van der Waals surface area contributed by atoms with Crippen molar-refractivity contribution in [3.63, 3.8) is 0 Å². The second-order valence-electron chi connectivity index (χ2n) is 5.71. The van der Waals surface area contributed by atoms with Crippen molar-refractivity contribution in [2.24, 2.45) is 5.10 Å². The Morgan fingerprint density at radius 2 is 1.85 bits per heavy atom. The molecular weight excluding hydrogens is 347 g/mol. The fourth-order valence-electron chi connectivity index (χ4n) is 2.33. The monoisotopic (exact) mass is 364 g/mol. The largest absolute Gasteiger partial charge is 0.489 e. The van der Waals surface area contributed by atoms with E-state index >= 15 is 0 Å². The molecule has 6 heteroatoms. The molecule has 3 rings (SSSR count). The molecule has 0 aliphatic heterocycles. The van der Waals surface area contributed by atoms with Crippen LogP contribution in [0.4, 0.5) is 10.1 Å². The van der Waals surface area contributed by atoms with Crippen LogP contribution in [-0.2, 0) is 6.61 Å². The van der Waals surface area contributed by atoms with Gasteiger partial charge in [-0.1, -0.05) is 24.3 Å². The maximum atomic E-state index is 13.6. The first-order chi connectivity index (χ1) is 13.1. The molecule has 0 spiro atoms. The molecule has 2 N–H and O–H groups in total. The van der Waals surface area contributed by atoms with Gasteiger partial charge >= 0.3 is 5.97 Å². The van der Waals surface area contributed by atoms with Crippen LogP contribution in [0.3, 0.4) is 0 Å². The quantitative estimate of drug-likeness (QED) is 0.477. The molecule has 3 aromatic carbocycles. The topological polar surface area (TPSA) is 70.9 Å². The molecule has 0 amide bonds. The Kier molecular flexibility index (Phi) is 5.79. The molecular formula is C21H17FN2O3. The van der Waals surface area contributed by atoms with Gasteiger partial charge < -0.3 is 9.84 Å². The van der Waals surface area contributed by atoms with Gasteiger partial charge in [-0.2, -0.15) is 5.10 Å². The highest BCUT2D eigenvalue weighted by Crippen LogP contribution is 2.15. The van der Waals surface area contributed by atoms with Gasteiger partial charge in [0.2, 0.25) is 0 Å². The molecule has 0 unspecified atom stereocenters. The summed E-state index contributed by atoms with van der Waals surface area (Å²) in [6.07, 6.45) is 1.61. The van der Waals surface area contributed by atoms with Crippen LogP contribution in [-0.4, -0.2) is 17.3 Å². The summed E-state index contributed by atoms with van der Waals surface area (Å²) in [5, 5.41) is 13.1. The summed E-state index contributed by atoms with van der Waals surface area (Å²) in [6, 6.07) is 20.0. The van der Waals surface area contributed by atoms with Gasteiger partial charge in [-0.15, -0.1) is 0 Å². The number of carbonyl (C=O) groups is 1.